The molecule has 4 amide bonds. The zero-order chi connectivity index (χ0) is 35.0. The molecule has 13 heteroatoms. The molecule has 0 spiro atoms. The Labute approximate surface area is 296 Å². The van der Waals surface area contributed by atoms with Crippen molar-refractivity contribution >= 4 is 40.7 Å². The summed E-state index contributed by atoms with van der Waals surface area (Å²) in [5, 5.41) is 12.0. The number of amides is 4. The molecule has 2 heterocycles. The Morgan fingerprint density at radius 1 is 0.878 bits per heavy atom. The lowest BCUT2D eigenvalue weighted by atomic mass is 9.96. The van der Waals surface area contributed by atoms with Crippen LogP contribution in [0.15, 0.2) is 77.8 Å². The minimum absolute atomic E-state index is 0.00145. The third kappa shape index (κ3) is 12.9. The molecular weight excluding hydrogens is 661 g/mol. The Morgan fingerprint density at radius 3 is 2.06 bits per heavy atom. The average molecular weight is 707 g/mol. The van der Waals surface area contributed by atoms with Crippen LogP contribution in [-0.4, -0.2) is 71.8 Å². The summed E-state index contributed by atoms with van der Waals surface area (Å²) < 4.78 is 10.8. The molecule has 0 saturated carbocycles. The number of rotatable bonds is 18. The number of thiazole rings is 2. The maximum atomic E-state index is 13.7. The summed E-state index contributed by atoms with van der Waals surface area (Å²) >= 11 is 2.99. The Bertz CT molecular complexity index is 1570. The smallest absolute Gasteiger partial charge is 0.407 e. The number of nitrogens with zero attached hydrogens (tertiary/aromatic N) is 3. The molecule has 0 aliphatic carbocycles. The number of carbonyl (C=O) groups excluding carboxylic acids is 3. The fraction of sp³-hybridized carbons (Fsp3) is 0.417. The fourth-order valence-electron chi connectivity index (χ4n) is 5.19. The molecule has 3 N–H and O–H groups in total. The topological polar surface area (TPSA) is 135 Å². The number of nitrogens with one attached hydrogen (secondary N) is 3. The van der Waals surface area contributed by atoms with Gasteiger partial charge in [-0.25, -0.2) is 14.6 Å². The van der Waals surface area contributed by atoms with Crippen molar-refractivity contribution in [1.29, 1.82) is 0 Å². The lowest BCUT2D eigenvalue weighted by Crippen LogP contribution is -2.54. The molecule has 4 rings (SSSR count). The number of aromatic nitrogens is 2. The second-order valence-corrected chi connectivity index (χ2v) is 14.1. The van der Waals surface area contributed by atoms with E-state index in [1.807, 2.05) is 66.0 Å². The third-order valence-electron chi connectivity index (χ3n) is 7.77. The van der Waals surface area contributed by atoms with Gasteiger partial charge in [0.25, 0.3) is 0 Å². The summed E-state index contributed by atoms with van der Waals surface area (Å²) in [5.74, 6) is -0.0410. The zero-order valence-electron chi connectivity index (χ0n) is 28.5. The van der Waals surface area contributed by atoms with Crippen LogP contribution >= 0.6 is 22.7 Å². The molecule has 0 saturated heterocycles. The highest BCUT2D eigenvalue weighted by Gasteiger charge is 2.26. The quantitative estimate of drug-likeness (QED) is 0.117. The molecule has 4 aromatic rings. The summed E-state index contributed by atoms with van der Waals surface area (Å²) in [6, 6.07) is 18.0. The SMILES string of the molecule is COC[C@H](NC(=O)N(C)Cc1csc(C(C)C)n1)C(=O)N[C@H](CC[C@H](Cc1ccccc1)NC(=O)OCc1cncs1)Cc1ccccc1. The van der Waals surface area contributed by atoms with E-state index in [4.69, 9.17) is 9.47 Å². The second-order valence-electron chi connectivity index (χ2n) is 12.2. The van der Waals surface area contributed by atoms with Crippen LogP contribution in [0.5, 0.6) is 0 Å². The number of benzene rings is 2. The highest BCUT2D eigenvalue weighted by molar-refractivity contribution is 7.09. The minimum atomic E-state index is -0.917. The van der Waals surface area contributed by atoms with Crippen molar-refractivity contribution in [3.05, 3.63) is 104 Å². The van der Waals surface area contributed by atoms with E-state index in [9.17, 15) is 14.4 Å². The van der Waals surface area contributed by atoms with Crippen LogP contribution < -0.4 is 16.0 Å². The van der Waals surface area contributed by atoms with E-state index in [0.717, 1.165) is 26.7 Å². The predicted octanol–water partition coefficient (Wildman–Crippen LogP) is 5.92. The van der Waals surface area contributed by atoms with E-state index in [1.165, 1.54) is 23.3 Å². The minimum Gasteiger partial charge on any atom is -0.444 e. The molecule has 0 radical (unpaired) electrons. The largest absolute Gasteiger partial charge is 0.444 e. The first-order valence-electron chi connectivity index (χ1n) is 16.3. The van der Waals surface area contributed by atoms with Crippen LogP contribution in [0.4, 0.5) is 9.59 Å². The van der Waals surface area contributed by atoms with Crippen LogP contribution in [0.2, 0.25) is 0 Å². The zero-order valence-corrected chi connectivity index (χ0v) is 30.1. The van der Waals surface area contributed by atoms with Crippen molar-refractivity contribution in [2.75, 3.05) is 20.8 Å². The van der Waals surface area contributed by atoms with Gasteiger partial charge >= 0.3 is 12.1 Å². The first kappa shape index (κ1) is 37.5. The van der Waals surface area contributed by atoms with Crippen LogP contribution in [0.1, 0.15) is 59.3 Å². The predicted molar refractivity (Wildman–Crippen MR) is 193 cm³/mol. The van der Waals surface area contributed by atoms with Crippen LogP contribution in [-0.2, 0) is 40.3 Å². The molecule has 2 aromatic carbocycles. The third-order valence-corrected chi connectivity index (χ3v) is 9.71. The normalized spacial score (nSPS) is 12.9. The van der Waals surface area contributed by atoms with E-state index < -0.39 is 18.2 Å². The number of hydrogen-bond donors (Lipinski definition) is 3. The van der Waals surface area contributed by atoms with Crippen LogP contribution in [0, 0.1) is 0 Å². The first-order valence-corrected chi connectivity index (χ1v) is 18.1. The van der Waals surface area contributed by atoms with Gasteiger partial charge in [-0.1, -0.05) is 74.5 Å². The Kier molecular flexibility index (Phi) is 15.0. The van der Waals surface area contributed by atoms with E-state index >= 15 is 0 Å². The van der Waals surface area contributed by atoms with Gasteiger partial charge in [-0.3, -0.25) is 9.78 Å². The van der Waals surface area contributed by atoms with E-state index in [2.05, 4.69) is 39.8 Å². The molecule has 0 fully saturated rings. The van der Waals surface area contributed by atoms with Gasteiger partial charge in [0, 0.05) is 43.7 Å². The molecule has 262 valence electrons. The summed E-state index contributed by atoms with van der Waals surface area (Å²) in [6.45, 7) is 4.62. The monoisotopic (exact) mass is 706 g/mol. The molecule has 0 unspecified atom stereocenters. The van der Waals surface area contributed by atoms with Crippen molar-refractivity contribution in [2.24, 2.45) is 0 Å². The Morgan fingerprint density at radius 2 is 1.51 bits per heavy atom. The van der Waals surface area contributed by atoms with Crippen molar-refractivity contribution in [3.8, 4) is 0 Å². The van der Waals surface area contributed by atoms with Crippen LogP contribution in [0.3, 0.4) is 0 Å². The molecule has 11 nitrogen and oxygen atoms in total. The lowest BCUT2D eigenvalue weighted by Gasteiger charge is -2.27. The van der Waals surface area contributed by atoms with Gasteiger partial charge in [-0.2, -0.15) is 0 Å². The van der Waals surface area contributed by atoms with Gasteiger partial charge in [0.15, 0.2) is 0 Å². The molecular formula is C36H46N6O5S2. The van der Waals surface area contributed by atoms with E-state index in [0.29, 0.717) is 38.1 Å². The van der Waals surface area contributed by atoms with E-state index in [1.54, 1.807) is 30.1 Å². The maximum absolute atomic E-state index is 13.7. The number of alkyl carbamates (subject to hydrolysis) is 1. The summed E-state index contributed by atoms with van der Waals surface area (Å²) in [5.41, 5.74) is 4.62. The van der Waals surface area contributed by atoms with Gasteiger partial charge < -0.3 is 30.3 Å². The summed E-state index contributed by atoms with van der Waals surface area (Å²) in [7, 11) is 3.17. The highest BCUT2D eigenvalue weighted by Crippen LogP contribution is 2.20. The highest BCUT2D eigenvalue weighted by atomic mass is 32.1. The first-order chi connectivity index (χ1) is 23.7. The molecule has 0 aliphatic rings. The molecule has 3 atom stereocenters. The lowest BCUT2D eigenvalue weighted by molar-refractivity contribution is -0.125. The van der Waals surface area contributed by atoms with Crippen molar-refractivity contribution in [2.45, 2.75) is 76.7 Å². The molecule has 0 aliphatic heterocycles. The second kappa shape index (κ2) is 19.6. The number of hydrogen-bond acceptors (Lipinski definition) is 9. The summed E-state index contributed by atoms with van der Waals surface area (Å²) in [6.07, 6.45) is 3.45. The van der Waals surface area contributed by atoms with Crippen molar-refractivity contribution in [1.82, 2.24) is 30.8 Å². The Hall–Kier alpha value is -4.33. The molecule has 49 heavy (non-hydrogen) atoms. The van der Waals surface area contributed by atoms with Gasteiger partial charge in [-0.15, -0.1) is 22.7 Å². The van der Waals surface area contributed by atoms with Gasteiger partial charge in [0.2, 0.25) is 5.91 Å². The van der Waals surface area contributed by atoms with Gasteiger partial charge in [0.1, 0.15) is 12.6 Å². The van der Waals surface area contributed by atoms with E-state index in [-0.39, 0.29) is 31.2 Å². The number of urea groups is 1. The number of carbonyl (C=O) groups is 3. The summed E-state index contributed by atoms with van der Waals surface area (Å²) in [4.78, 5) is 50.7. The average Bonchev–Trinajstić information content (AvgIpc) is 3.80. The van der Waals surface area contributed by atoms with Gasteiger partial charge in [-0.05, 0) is 36.8 Å². The number of ether oxygens (including phenoxy) is 2. The molecule has 0 bridgehead atoms. The molecule has 2 aromatic heterocycles. The fourth-order valence-corrected chi connectivity index (χ4v) is 6.53. The standard InChI is InChI=1S/C36H46N6O5S2/c1-25(2)34-39-30(23-48-34)20-42(3)35(44)41-32(22-46-4)33(43)38-28(17-26-11-7-5-8-12-26)15-16-29(18-27-13-9-6-10-14-27)40-36(45)47-21-31-19-37-24-49-31/h5-14,19,23-25,28-29,32H,15-18,20-22H2,1-4H3,(H,38,43)(H,40,45)(H,41,44)/t28-,29-,32+/m1/s1. The van der Waals surface area contributed by atoms with Crippen molar-refractivity contribution in [3.63, 3.8) is 0 Å². The van der Waals surface area contributed by atoms with Crippen molar-refractivity contribution < 1.29 is 23.9 Å². The van der Waals surface area contributed by atoms with Crippen LogP contribution in [0.25, 0.3) is 0 Å². The van der Waals surface area contributed by atoms with Gasteiger partial charge in [0.05, 0.1) is 34.2 Å². The number of methoxy groups -OCH3 is 1. The maximum Gasteiger partial charge on any atom is 0.407 e. The Balaban J connectivity index is 1.42.